The Kier molecular flexibility index (Phi) is 4.85. The van der Waals surface area contributed by atoms with Crippen molar-refractivity contribution in [1.29, 1.82) is 5.26 Å². The maximum absolute atomic E-state index is 9.55. The highest BCUT2D eigenvalue weighted by Gasteiger charge is 2.39. The minimum atomic E-state index is 0.0448. The standard InChI is InChI=1S/C16H21ClN2/c1-3-11(4-2)16-14(9-18)15(10-19-16)12-6-5-7-13(17)8-12/h5-8,11,14-16,19H,3-4,10H2,1-2H3. The highest BCUT2D eigenvalue weighted by Crippen LogP contribution is 2.36. The third kappa shape index (κ3) is 2.94. The van der Waals surface area contributed by atoms with Crippen molar-refractivity contribution in [3.8, 4) is 6.07 Å². The molecule has 0 aliphatic carbocycles. The van der Waals surface area contributed by atoms with Crippen molar-refractivity contribution in [1.82, 2.24) is 5.32 Å². The van der Waals surface area contributed by atoms with Gasteiger partial charge in [0.25, 0.3) is 0 Å². The zero-order valence-corrected chi connectivity index (χ0v) is 12.3. The van der Waals surface area contributed by atoms with Crippen LogP contribution < -0.4 is 5.32 Å². The molecule has 3 atom stereocenters. The monoisotopic (exact) mass is 276 g/mol. The van der Waals surface area contributed by atoms with E-state index in [9.17, 15) is 5.26 Å². The Balaban J connectivity index is 2.23. The lowest BCUT2D eigenvalue weighted by atomic mass is 9.80. The van der Waals surface area contributed by atoms with E-state index in [4.69, 9.17) is 11.6 Å². The van der Waals surface area contributed by atoms with Crippen molar-refractivity contribution >= 4 is 11.6 Å². The van der Waals surface area contributed by atoms with Crippen LogP contribution in [0.15, 0.2) is 24.3 Å². The predicted molar refractivity (Wildman–Crippen MR) is 79.2 cm³/mol. The van der Waals surface area contributed by atoms with Crippen LogP contribution in [0.25, 0.3) is 0 Å². The summed E-state index contributed by atoms with van der Waals surface area (Å²) in [6, 6.07) is 10.8. The van der Waals surface area contributed by atoms with Gasteiger partial charge in [-0.2, -0.15) is 5.26 Å². The lowest BCUT2D eigenvalue weighted by Gasteiger charge is -2.25. The van der Waals surface area contributed by atoms with Gasteiger partial charge in [-0.1, -0.05) is 50.4 Å². The predicted octanol–water partition coefficient (Wildman–Crippen LogP) is 3.97. The van der Waals surface area contributed by atoms with Gasteiger partial charge in [0.1, 0.15) is 0 Å². The second-order valence-electron chi connectivity index (χ2n) is 5.33. The first-order chi connectivity index (χ1) is 9.21. The molecular weight excluding hydrogens is 256 g/mol. The normalized spacial score (nSPS) is 26.6. The van der Waals surface area contributed by atoms with Gasteiger partial charge in [0.2, 0.25) is 0 Å². The summed E-state index contributed by atoms with van der Waals surface area (Å²) in [5.74, 6) is 0.881. The van der Waals surface area contributed by atoms with E-state index >= 15 is 0 Å². The molecule has 1 aromatic rings. The third-order valence-corrected chi connectivity index (χ3v) is 4.61. The molecule has 0 aromatic heterocycles. The number of hydrogen-bond acceptors (Lipinski definition) is 2. The van der Waals surface area contributed by atoms with E-state index < -0.39 is 0 Å². The number of hydrogen-bond donors (Lipinski definition) is 1. The number of nitrogens with one attached hydrogen (secondary N) is 1. The molecule has 19 heavy (non-hydrogen) atoms. The summed E-state index contributed by atoms with van der Waals surface area (Å²) in [6.07, 6.45) is 2.24. The zero-order valence-electron chi connectivity index (χ0n) is 11.6. The van der Waals surface area contributed by atoms with E-state index in [1.165, 1.54) is 5.56 Å². The minimum Gasteiger partial charge on any atom is -0.312 e. The van der Waals surface area contributed by atoms with Gasteiger partial charge in [-0.25, -0.2) is 0 Å². The molecule has 1 aromatic carbocycles. The molecule has 0 amide bonds. The second-order valence-corrected chi connectivity index (χ2v) is 5.76. The van der Waals surface area contributed by atoms with Crippen molar-refractivity contribution in [3.05, 3.63) is 34.9 Å². The molecule has 1 heterocycles. The van der Waals surface area contributed by atoms with Crippen LogP contribution >= 0.6 is 11.6 Å². The molecular formula is C16H21ClN2. The molecule has 2 nitrogen and oxygen atoms in total. The quantitative estimate of drug-likeness (QED) is 0.903. The Morgan fingerprint density at radius 1 is 1.42 bits per heavy atom. The first-order valence-corrected chi connectivity index (χ1v) is 7.47. The topological polar surface area (TPSA) is 35.8 Å². The lowest BCUT2D eigenvalue weighted by molar-refractivity contribution is 0.328. The fraction of sp³-hybridized carbons (Fsp3) is 0.562. The van der Waals surface area contributed by atoms with E-state index in [1.54, 1.807) is 0 Å². The Morgan fingerprint density at radius 2 is 2.16 bits per heavy atom. The first kappa shape index (κ1) is 14.4. The summed E-state index contributed by atoms with van der Waals surface area (Å²) in [7, 11) is 0. The largest absolute Gasteiger partial charge is 0.312 e. The Bertz CT molecular complexity index is 462. The van der Waals surface area contributed by atoms with E-state index in [0.29, 0.717) is 12.0 Å². The van der Waals surface area contributed by atoms with Crippen LogP contribution in [-0.4, -0.2) is 12.6 Å². The third-order valence-electron chi connectivity index (χ3n) is 4.38. The van der Waals surface area contributed by atoms with Gasteiger partial charge in [-0.3, -0.25) is 0 Å². The number of rotatable bonds is 4. The molecule has 3 unspecified atom stereocenters. The zero-order chi connectivity index (χ0) is 13.8. The van der Waals surface area contributed by atoms with Gasteiger partial charge in [-0.15, -0.1) is 0 Å². The average molecular weight is 277 g/mol. The highest BCUT2D eigenvalue weighted by molar-refractivity contribution is 6.30. The van der Waals surface area contributed by atoms with Gasteiger partial charge >= 0.3 is 0 Å². The summed E-state index contributed by atoms with van der Waals surface area (Å²) in [5.41, 5.74) is 1.18. The maximum Gasteiger partial charge on any atom is 0.0699 e. The van der Waals surface area contributed by atoms with Crippen molar-refractivity contribution in [2.45, 2.75) is 38.6 Å². The van der Waals surface area contributed by atoms with Crippen LogP contribution in [0, 0.1) is 23.2 Å². The van der Waals surface area contributed by atoms with Crippen molar-refractivity contribution in [2.75, 3.05) is 6.54 Å². The Hall–Kier alpha value is -1.04. The molecule has 1 fully saturated rings. The van der Waals surface area contributed by atoms with E-state index in [1.807, 2.05) is 18.2 Å². The molecule has 0 spiro atoms. The molecule has 1 aliphatic heterocycles. The summed E-state index contributed by atoms with van der Waals surface area (Å²) in [6.45, 7) is 5.29. The summed E-state index contributed by atoms with van der Waals surface area (Å²) < 4.78 is 0. The van der Waals surface area contributed by atoms with E-state index in [0.717, 1.165) is 24.4 Å². The fourth-order valence-corrected chi connectivity index (χ4v) is 3.46. The van der Waals surface area contributed by atoms with Crippen LogP contribution in [0.2, 0.25) is 5.02 Å². The van der Waals surface area contributed by atoms with E-state index in [-0.39, 0.29) is 11.8 Å². The van der Waals surface area contributed by atoms with Gasteiger partial charge in [0.15, 0.2) is 0 Å². The Morgan fingerprint density at radius 3 is 2.74 bits per heavy atom. The SMILES string of the molecule is CCC(CC)C1NCC(c2cccc(Cl)c2)C1C#N. The second kappa shape index (κ2) is 6.41. The Labute approximate surface area is 120 Å². The van der Waals surface area contributed by atoms with Crippen LogP contribution in [0.1, 0.15) is 38.2 Å². The molecule has 0 bridgehead atoms. The van der Waals surface area contributed by atoms with Crippen LogP contribution in [0.5, 0.6) is 0 Å². The smallest absolute Gasteiger partial charge is 0.0699 e. The van der Waals surface area contributed by atoms with Crippen molar-refractivity contribution in [3.63, 3.8) is 0 Å². The van der Waals surface area contributed by atoms with Crippen LogP contribution in [0.3, 0.4) is 0 Å². The average Bonchev–Trinajstić information content (AvgIpc) is 2.84. The number of halogens is 1. The van der Waals surface area contributed by atoms with Gasteiger partial charge < -0.3 is 5.32 Å². The van der Waals surface area contributed by atoms with Crippen LogP contribution in [0.4, 0.5) is 0 Å². The van der Waals surface area contributed by atoms with Crippen molar-refractivity contribution < 1.29 is 0 Å². The lowest BCUT2D eigenvalue weighted by Crippen LogP contribution is -2.34. The van der Waals surface area contributed by atoms with Gasteiger partial charge in [0.05, 0.1) is 12.0 Å². The van der Waals surface area contributed by atoms with Crippen molar-refractivity contribution in [2.24, 2.45) is 11.8 Å². The number of nitrogens with zero attached hydrogens (tertiary/aromatic N) is 1. The first-order valence-electron chi connectivity index (χ1n) is 7.09. The maximum atomic E-state index is 9.55. The summed E-state index contributed by atoms with van der Waals surface area (Å²) in [4.78, 5) is 0. The molecule has 1 aliphatic rings. The summed E-state index contributed by atoms with van der Waals surface area (Å²) >= 11 is 6.06. The molecule has 0 saturated carbocycles. The highest BCUT2D eigenvalue weighted by atomic mass is 35.5. The molecule has 0 radical (unpaired) electrons. The fourth-order valence-electron chi connectivity index (χ4n) is 3.26. The van der Waals surface area contributed by atoms with Gasteiger partial charge in [-0.05, 0) is 23.6 Å². The minimum absolute atomic E-state index is 0.0448. The molecule has 1 N–H and O–H groups in total. The van der Waals surface area contributed by atoms with Gasteiger partial charge in [0, 0.05) is 23.5 Å². The molecule has 2 rings (SSSR count). The number of benzene rings is 1. The molecule has 102 valence electrons. The molecule has 3 heteroatoms. The van der Waals surface area contributed by atoms with Crippen LogP contribution in [-0.2, 0) is 0 Å². The summed E-state index contributed by atoms with van der Waals surface area (Å²) in [5, 5.41) is 13.9. The van der Waals surface area contributed by atoms with E-state index in [2.05, 4.69) is 31.3 Å². The number of nitriles is 1. The molecule has 1 saturated heterocycles.